The monoisotopic (exact) mass is 230 g/mol. The number of nitrogens with two attached hydrogens (primary N) is 2. The molecule has 1 aromatic carbocycles. The van der Waals surface area contributed by atoms with E-state index in [1.165, 1.54) is 0 Å². The number of carbonyl (C=O) groups is 1. The molecule has 1 rings (SSSR count). The number of hydrogen-bond acceptors (Lipinski definition) is 2. The van der Waals surface area contributed by atoms with Crippen LogP contribution in [-0.2, 0) is 4.79 Å². The predicted octanol–water partition coefficient (Wildman–Crippen LogP) is 0.750. The molecule has 4 heteroatoms. The van der Waals surface area contributed by atoms with Crippen molar-refractivity contribution in [3.8, 4) is 0 Å². The molecule has 0 spiro atoms. The van der Waals surface area contributed by atoms with Crippen LogP contribution < -0.4 is 11.5 Å². The van der Waals surface area contributed by atoms with Crippen molar-refractivity contribution in [3.63, 3.8) is 0 Å². The summed E-state index contributed by atoms with van der Waals surface area (Å²) in [6, 6.07) is 8.36. The van der Waals surface area contributed by atoms with Crippen LogP contribution in [0.25, 0.3) is 0 Å². The molecule has 1 amide bonds. The van der Waals surface area contributed by atoms with E-state index in [0.717, 1.165) is 5.56 Å². The molecule has 0 heterocycles. The molecule has 1 aromatic rings. The highest BCUT2D eigenvalue weighted by molar-refractivity contribution is 8.93. The number of primary amides is 1. The molecule has 0 radical (unpaired) electrons. The maximum absolute atomic E-state index is 10.6. The number of carbonyl (C=O) groups excluding carboxylic acids is 1. The number of benzene rings is 1. The third-order valence-corrected chi connectivity index (χ3v) is 1.47. The van der Waals surface area contributed by atoms with Crippen molar-refractivity contribution in [2.45, 2.75) is 6.04 Å². The molecule has 12 heavy (non-hydrogen) atoms. The van der Waals surface area contributed by atoms with E-state index in [-0.39, 0.29) is 17.0 Å². The van der Waals surface area contributed by atoms with Crippen molar-refractivity contribution in [2.75, 3.05) is 0 Å². The normalized spacial score (nSPS) is 11.4. The second-order valence-corrected chi connectivity index (χ2v) is 2.29. The van der Waals surface area contributed by atoms with Crippen molar-refractivity contribution in [2.24, 2.45) is 11.5 Å². The molecule has 66 valence electrons. The second kappa shape index (κ2) is 4.90. The van der Waals surface area contributed by atoms with Gasteiger partial charge in [0.25, 0.3) is 0 Å². The first-order valence-corrected chi connectivity index (χ1v) is 3.31. The molecule has 0 unspecified atom stereocenters. The van der Waals surface area contributed by atoms with E-state index in [1.54, 1.807) is 12.1 Å². The van der Waals surface area contributed by atoms with E-state index in [9.17, 15) is 4.79 Å². The van der Waals surface area contributed by atoms with Crippen LogP contribution in [0.15, 0.2) is 30.3 Å². The van der Waals surface area contributed by atoms with Gasteiger partial charge in [-0.05, 0) is 5.56 Å². The number of amides is 1. The Hall–Kier alpha value is -0.870. The van der Waals surface area contributed by atoms with Gasteiger partial charge in [-0.15, -0.1) is 17.0 Å². The van der Waals surface area contributed by atoms with E-state index in [2.05, 4.69) is 0 Å². The molecule has 1 atom stereocenters. The van der Waals surface area contributed by atoms with E-state index < -0.39 is 11.9 Å². The van der Waals surface area contributed by atoms with Gasteiger partial charge >= 0.3 is 0 Å². The molecular weight excluding hydrogens is 220 g/mol. The van der Waals surface area contributed by atoms with Crippen LogP contribution >= 0.6 is 17.0 Å². The molecule has 0 aliphatic carbocycles. The first kappa shape index (κ1) is 11.1. The van der Waals surface area contributed by atoms with Crippen molar-refractivity contribution in [1.29, 1.82) is 0 Å². The van der Waals surface area contributed by atoms with Crippen LogP contribution in [-0.4, -0.2) is 5.91 Å². The van der Waals surface area contributed by atoms with E-state index >= 15 is 0 Å². The summed E-state index contributed by atoms with van der Waals surface area (Å²) in [6.45, 7) is 0. The van der Waals surface area contributed by atoms with Gasteiger partial charge in [0.1, 0.15) is 6.04 Å². The molecule has 0 saturated carbocycles. The van der Waals surface area contributed by atoms with Crippen LogP contribution in [0.2, 0.25) is 0 Å². The second-order valence-electron chi connectivity index (χ2n) is 2.29. The minimum atomic E-state index is -0.684. The number of rotatable bonds is 2. The quantitative estimate of drug-likeness (QED) is 0.788. The zero-order valence-corrected chi connectivity index (χ0v) is 8.15. The SMILES string of the molecule is Br.NC(=O)[C@H](N)c1ccccc1. The van der Waals surface area contributed by atoms with Crippen LogP contribution in [0.5, 0.6) is 0 Å². The topological polar surface area (TPSA) is 69.1 Å². The molecule has 3 nitrogen and oxygen atoms in total. The Labute approximate surface area is 81.5 Å². The van der Waals surface area contributed by atoms with Crippen molar-refractivity contribution >= 4 is 22.9 Å². The summed E-state index contributed by atoms with van der Waals surface area (Å²) in [7, 11) is 0. The van der Waals surface area contributed by atoms with Crippen LogP contribution in [0, 0.1) is 0 Å². The van der Waals surface area contributed by atoms with Crippen LogP contribution in [0.4, 0.5) is 0 Å². The molecule has 0 saturated heterocycles. The molecule has 0 fully saturated rings. The van der Waals surface area contributed by atoms with Gasteiger partial charge in [0.2, 0.25) is 5.91 Å². The fourth-order valence-electron chi connectivity index (χ4n) is 0.825. The Balaban J connectivity index is 0.00000121. The third-order valence-electron chi connectivity index (χ3n) is 1.47. The van der Waals surface area contributed by atoms with Crippen LogP contribution in [0.3, 0.4) is 0 Å². The average molecular weight is 231 g/mol. The molecule has 4 N–H and O–H groups in total. The first-order valence-electron chi connectivity index (χ1n) is 3.31. The summed E-state index contributed by atoms with van der Waals surface area (Å²) < 4.78 is 0. The van der Waals surface area contributed by atoms with Crippen molar-refractivity contribution in [1.82, 2.24) is 0 Å². The lowest BCUT2D eigenvalue weighted by atomic mass is 10.1. The van der Waals surface area contributed by atoms with Crippen LogP contribution in [0.1, 0.15) is 11.6 Å². The summed E-state index contributed by atoms with van der Waals surface area (Å²) in [4.78, 5) is 10.6. The standard InChI is InChI=1S/C8H10N2O.BrH/c9-7(8(10)11)6-4-2-1-3-5-6;/h1-5,7H,9H2,(H2,10,11);1H/t7-;/m1./s1. The molecule has 0 aliphatic rings. The lowest BCUT2D eigenvalue weighted by Crippen LogP contribution is -2.27. The van der Waals surface area contributed by atoms with Crippen molar-refractivity contribution in [3.05, 3.63) is 35.9 Å². The number of hydrogen-bond donors (Lipinski definition) is 2. The van der Waals surface area contributed by atoms with Gasteiger partial charge in [-0.2, -0.15) is 0 Å². The van der Waals surface area contributed by atoms with E-state index in [0.29, 0.717) is 0 Å². The summed E-state index contributed by atoms with van der Waals surface area (Å²) in [5.74, 6) is -0.504. The Kier molecular flexibility index (Phi) is 4.54. The highest BCUT2D eigenvalue weighted by atomic mass is 79.9. The summed E-state index contributed by atoms with van der Waals surface area (Å²) >= 11 is 0. The predicted molar refractivity (Wildman–Crippen MR) is 52.9 cm³/mol. The lowest BCUT2D eigenvalue weighted by molar-refractivity contribution is -0.119. The van der Waals surface area contributed by atoms with E-state index in [4.69, 9.17) is 11.5 Å². The Morgan fingerprint density at radius 3 is 2.17 bits per heavy atom. The van der Waals surface area contributed by atoms with E-state index in [1.807, 2.05) is 18.2 Å². The maximum Gasteiger partial charge on any atom is 0.238 e. The summed E-state index contributed by atoms with van der Waals surface area (Å²) in [6.07, 6.45) is 0. The Morgan fingerprint density at radius 2 is 1.75 bits per heavy atom. The largest absolute Gasteiger partial charge is 0.368 e. The van der Waals surface area contributed by atoms with Gasteiger partial charge in [-0.3, -0.25) is 4.79 Å². The average Bonchev–Trinajstić information content (AvgIpc) is 2.05. The van der Waals surface area contributed by atoms with Gasteiger partial charge in [0.05, 0.1) is 0 Å². The first-order chi connectivity index (χ1) is 5.22. The lowest BCUT2D eigenvalue weighted by Gasteiger charge is -2.05. The Morgan fingerprint density at radius 1 is 1.25 bits per heavy atom. The minimum absolute atomic E-state index is 0. The fourth-order valence-corrected chi connectivity index (χ4v) is 0.825. The van der Waals surface area contributed by atoms with Gasteiger partial charge < -0.3 is 11.5 Å². The molecular formula is C8H11BrN2O. The minimum Gasteiger partial charge on any atom is -0.368 e. The van der Waals surface area contributed by atoms with Gasteiger partial charge in [-0.1, -0.05) is 30.3 Å². The molecule has 0 bridgehead atoms. The van der Waals surface area contributed by atoms with Gasteiger partial charge in [-0.25, -0.2) is 0 Å². The Bertz CT molecular complexity index is 250. The highest BCUT2D eigenvalue weighted by Crippen LogP contribution is 2.07. The third kappa shape index (κ3) is 2.64. The molecule has 0 aromatic heterocycles. The summed E-state index contributed by atoms with van der Waals surface area (Å²) in [5.41, 5.74) is 11.2. The molecule has 0 aliphatic heterocycles. The van der Waals surface area contributed by atoms with Crippen molar-refractivity contribution < 1.29 is 4.79 Å². The van der Waals surface area contributed by atoms with Gasteiger partial charge in [0, 0.05) is 0 Å². The van der Waals surface area contributed by atoms with Gasteiger partial charge in [0.15, 0.2) is 0 Å². The smallest absolute Gasteiger partial charge is 0.238 e. The zero-order valence-electron chi connectivity index (χ0n) is 6.44. The highest BCUT2D eigenvalue weighted by Gasteiger charge is 2.09. The number of halogens is 1. The maximum atomic E-state index is 10.6. The zero-order chi connectivity index (χ0) is 8.27. The summed E-state index contributed by atoms with van der Waals surface area (Å²) in [5, 5.41) is 0. The fraction of sp³-hybridized carbons (Fsp3) is 0.125.